The molecule has 0 nitrogen and oxygen atoms in total. The van der Waals surface area contributed by atoms with Crippen molar-refractivity contribution in [1.82, 2.24) is 0 Å². The van der Waals surface area contributed by atoms with E-state index in [-0.39, 0.29) is 0 Å². The largest absolute Gasteiger partial charge is 0.114 e. The van der Waals surface area contributed by atoms with Crippen LogP contribution in [0.25, 0.3) is 0 Å². The maximum Gasteiger partial charge on any atom is 0.0463 e. The maximum atomic E-state index is 2.40. The zero-order chi connectivity index (χ0) is 13.0. The first-order valence-corrected chi connectivity index (χ1v) is 8.90. The molecule has 0 aromatic heterocycles. The van der Waals surface area contributed by atoms with Crippen LogP contribution >= 0.6 is 68.7 Å². The van der Waals surface area contributed by atoms with Crippen LogP contribution in [-0.2, 0) is 0 Å². The molecule has 0 rings (SSSR count). The van der Waals surface area contributed by atoms with Gasteiger partial charge in [0.05, 0.1) is 0 Å². The predicted molar refractivity (Wildman–Crippen MR) is 98.9 cm³/mol. The van der Waals surface area contributed by atoms with Crippen molar-refractivity contribution in [3.05, 3.63) is 18.0 Å². The lowest BCUT2D eigenvalue weighted by atomic mass is 10.3. The fourth-order valence-electron chi connectivity index (χ4n) is 0.784. The average Bonchev–Trinajstić information content (AvgIpc) is 1.94. The minimum atomic E-state index is 0.295. The normalized spacial score (nSPS) is 15.5. The fourth-order valence-corrected chi connectivity index (χ4v) is 6.55. The van der Waals surface area contributed by atoms with Gasteiger partial charge in [0.15, 0.2) is 0 Å². The Kier molecular flexibility index (Phi) is 8.03. The van der Waals surface area contributed by atoms with Crippen LogP contribution in [0.4, 0.5) is 0 Å². The number of hydrogen-bond donors (Lipinski definition) is 0. The third-order valence-corrected chi connectivity index (χ3v) is 5.08. The Bertz CT molecular complexity index is 250. The molecule has 0 aromatic rings. The van der Waals surface area contributed by atoms with Gasteiger partial charge >= 0.3 is 0 Å². The maximum absolute atomic E-state index is 2.40. The van der Waals surface area contributed by atoms with Crippen LogP contribution in [0.15, 0.2) is 18.0 Å². The smallest absolute Gasteiger partial charge is 0.0463 e. The van der Waals surface area contributed by atoms with Crippen molar-refractivity contribution in [2.45, 2.75) is 51.0 Å². The van der Waals surface area contributed by atoms with Gasteiger partial charge in [-0.2, -0.15) is 0 Å². The first-order chi connectivity index (χ1) is 6.99. The van der Waals surface area contributed by atoms with E-state index in [9.17, 15) is 0 Å². The summed E-state index contributed by atoms with van der Waals surface area (Å²) in [6, 6.07) is 0. The molecule has 0 saturated carbocycles. The van der Waals surface area contributed by atoms with Gasteiger partial charge in [-0.25, -0.2) is 0 Å². The summed E-state index contributed by atoms with van der Waals surface area (Å²) in [5.74, 6) is 0. The molecule has 0 aliphatic rings. The topological polar surface area (TPSA) is 0 Å². The Morgan fingerprint density at radius 3 is 1.19 bits per heavy atom. The van der Waals surface area contributed by atoms with Crippen LogP contribution in [0.2, 0.25) is 0 Å². The van der Waals surface area contributed by atoms with Crippen molar-refractivity contribution in [2.75, 3.05) is 0 Å². The van der Waals surface area contributed by atoms with Crippen LogP contribution in [0.3, 0.4) is 0 Å². The number of allylic oxidation sites excluding steroid dienone is 2. The van der Waals surface area contributed by atoms with E-state index in [1.54, 1.807) is 0 Å². The molecule has 0 spiro atoms. The van der Waals surface area contributed by atoms with Gasteiger partial charge in [-0.05, 0) is 57.3 Å². The predicted octanol–water partition coefficient (Wildman–Crippen LogP) is 6.60. The quantitative estimate of drug-likeness (QED) is 0.329. The number of hydrogen-bond acceptors (Lipinski definition) is 2. The molecule has 16 heavy (non-hydrogen) atoms. The number of rotatable bonds is 3. The summed E-state index contributed by atoms with van der Waals surface area (Å²) in [7, 11) is 0. The summed E-state index contributed by atoms with van der Waals surface area (Å²) < 4.78 is 3.27. The zero-order valence-corrected chi connectivity index (χ0v) is 16.7. The van der Waals surface area contributed by atoms with Gasteiger partial charge in [0.25, 0.3) is 0 Å². The minimum absolute atomic E-state index is 0.295. The molecule has 0 aromatic carbocycles. The number of halogens is 2. The zero-order valence-electron chi connectivity index (χ0n) is 10.7. The molecule has 0 heterocycles. The summed E-state index contributed by atoms with van der Waals surface area (Å²) >= 11 is 8.62. The van der Waals surface area contributed by atoms with Crippen LogP contribution in [0.1, 0.15) is 41.5 Å². The third kappa shape index (κ3) is 12.1. The summed E-state index contributed by atoms with van der Waals surface area (Å²) in [6.45, 7) is 13.4. The molecule has 0 amide bonds. The van der Waals surface area contributed by atoms with E-state index in [0.717, 1.165) is 0 Å². The Labute approximate surface area is 136 Å². The third-order valence-electron chi connectivity index (χ3n) is 1.15. The first-order valence-electron chi connectivity index (χ1n) is 5.11. The van der Waals surface area contributed by atoms with Gasteiger partial charge in [-0.15, -0.1) is 23.5 Å². The molecular weight excluding hydrogens is 462 g/mol. The molecule has 0 fully saturated rings. The van der Waals surface area contributed by atoms with E-state index >= 15 is 0 Å². The van der Waals surface area contributed by atoms with E-state index in [4.69, 9.17) is 0 Å². The molecule has 0 bridgehead atoms. The van der Waals surface area contributed by atoms with Crippen molar-refractivity contribution >= 4 is 68.7 Å². The van der Waals surface area contributed by atoms with Crippen molar-refractivity contribution in [2.24, 2.45) is 0 Å². The molecule has 0 radical (unpaired) electrons. The molecule has 0 aliphatic carbocycles. The van der Waals surface area contributed by atoms with Crippen molar-refractivity contribution in [1.29, 1.82) is 0 Å². The van der Waals surface area contributed by atoms with Gasteiger partial charge in [0.2, 0.25) is 0 Å². The average molecular weight is 482 g/mol. The van der Waals surface area contributed by atoms with Crippen molar-refractivity contribution in [3.8, 4) is 0 Å². The Morgan fingerprint density at radius 1 is 0.750 bits per heavy atom. The Balaban J connectivity index is 4.39. The lowest BCUT2D eigenvalue weighted by molar-refractivity contribution is 0.807. The van der Waals surface area contributed by atoms with E-state index in [2.05, 4.69) is 98.9 Å². The molecule has 4 heteroatoms. The van der Waals surface area contributed by atoms with Gasteiger partial charge in [-0.1, -0.05) is 41.5 Å². The first kappa shape index (κ1) is 17.6. The summed E-state index contributed by atoms with van der Waals surface area (Å²) in [4.78, 5) is 0. The molecule has 94 valence electrons. The van der Waals surface area contributed by atoms with E-state index in [0.29, 0.717) is 9.49 Å². The second-order valence-corrected chi connectivity index (χ2v) is 12.9. The summed E-state index contributed by atoms with van der Waals surface area (Å²) in [5, 5.41) is 0. The molecule has 0 saturated heterocycles. The monoisotopic (exact) mass is 482 g/mol. The minimum Gasteiger partial charge on any atom is -0.114 e. The lowest BCUT2D eigenvalue weighted by Crippen LogP contribution is -2.06. The standard InChI is InChI=1S/C12H20I2S2/c1-11(2,3)15-9(13)7-8-10(14)16-12(4,5)6/h7-8H,1-6H3/b9-7-,10-8-. The Hall–Kier alpha value is 1.64. The second kappa shape index (κ2) is 7.28. The van der Waals surface area contributed by atoms with Gasteiger partial charge in [0, 0.05) is 15.3 Å². The van der Waals surface area contributed by atoms with E-state index in [1.807, 2.05) is 23.5 Å². The molecule has 0 atom stereocenters. The highest BCUT2D eigenvalue weighted by Gasteiger charge is 2.13. The van der Waals surface area contributed by atoms with Crippen LogP contribution in [0.5, 0.6) is 0 Å². The van der Waals surface area contributed by atoms with E-state index in [1.165, 1.54) is 5.82 Å². The highest BCUT2D eigenvalue weighted by atomic mass is 127. The molecular formula is C12H20I2S2. The van der Waals surface area contributed by atoms with Crippen molar-refractivity contribution in [3.63, 3.8) is 0 Å². The van der Waals surface area contributed by atoms with Gasteiger partial charge < -0.3 is 0 Å². The number of thioether (sulfide) groups is 2. The molecule has 0 N–H and O–H groups in total. The fraction of sp³-hybridized carbons (Fsp3) is 0.667. The molecule has 0 unspecified atom stereocenters. The highest BCUT2D eigenvalue weighted by molar-refractivity contribution is 14.1. The van der Waals surface area contributed by atoms with Gasteiger partial charge in [0.1, 0.15) is 0 Å². The summed E-state index contributed by atoms with van der Waals surface area (Å²) in [6.07, 6.45) is 4.41. The SMILES string of the molecule is CC(C)(C)S/C(I)=C\C=C(\I)SC(C)(C)C. The van der Waals surface area contributed by atoms with Crippen LogP contribution in [0, 0.1) is 0 Å². The van der Waals surface area contributed by atoms with Gasteiger partial charge in [-0.3, -0.25) is 0 Å². The van der Waals surface area contributed by atoms with Crippen LogP contribution < -0.4 is 0 Å². The lowest BCUT2D eigenvalue weighted by Gasteiger charge is -2.17. The van der Waals surface area contributed by atoms with E-state index < -0.39 is 0 Å². The highest BCUT2D eigenvalue weighted by Crippen LogP contribution is 2.37. The van der Waals surface area contributed by atoms with Crippen molar-refractivity contribution < 1.29 is 0 Å². The molecule has 0 aliphatic heterocycles. The van der Waals surface area contributed by atoms with Crippen LogP contribution in [-0.4, -0.2) is 9.49 Å². The summed E-state index contributed by atoms with van der Waals surface area (Å²) in [5.41, 5.74) is 0. The second-order valence-electron chi connectivity index (χ2n) is 5.37. The Morgan fingerprint density at radius 2 is 1.00 bits per heavy atom.